The third-order valence-electron chi connectivity index (χ3n) is 3.21. The number of aryl methyl sites for hydroxylation is 1. The van der Waals surface area contributed by atoms with Gasteiger partial charge in [0.15, 0.2) is 0 Å². The zero-order chi connectivity index (χ0) is 12.4. The molecule has 0 radical (unpaired) electrons. The molecule has 0 aliphatic carbocycles. The number of nitrogens with zero attached hydrogens (tertiary/aromatic N) is 3. The Morgan fingerprint density at radius 3 is 3.11 bits per heavy atom. The van der Waals surface area contributed by atoms with Gasteiger partial charge in [-0.1, -0.05) is 11.2 Å². The van der Waals surface area contributed by atoms with Crippen LogP contribution in [0.15, 0.2) is 22.7 Å². The number of aromatic nitrogens is 3. The smallest absolute Gasteiger partial charge is 0.227 e. The molecule has 3 heterocycles. The fourth-order valence-corrected chi connectivity index (χ4v) is 2.25. The van der Waals surface area contributed by atoms with Gasteiger partial charge in [0.25, 0.3) is 0 Å². The first-order valence-corrected chi connectivity index (χ1v) is 6.28. The highest BCUT2D eigenvalue weighted by molar-refractivity contribution is 5.47. The molecular weight excluding hydrogens is 228 g/mol. The van der Waals surface area contributed by atoms with E-state index >= 15 is 0 Å². The molecule has 94 valence electrons. The van der Waals surface area contributed by atoms with E-state index in [2.05, 4.69) is 20.4 Å². The van der Waals surface area contributed by atoms with Crippen molar-refractivity contribution in [1.82, 2.24) is 20.4 Å². The predicted octanol–water partition coefficient (Wildman–Crippen LogP) is 1.59. The van der Waals surface area contributed by atoms with Crippen LogP contribution >= 0.6 is 0 Å². The van der Waals surface area contributed by atoms with E-state index in [1.807, 2.05) is 25.1 Å². The van der Waals surface area contributed by atoms with Crippen LogP contribution in [-0.2, 0) is 6.42 Å². The Bertz CT molecular complexity index is 531. The van der Waals surface area contributed by atoms with Gasteiger partial charge in [0.1, 0.15) is 5.69 Å². The lowest BCUT2D eigenvalue weighted by Crippen LogP contribution is -2.10. The first kappa shape index (κ1) is 11.3. The number of hydrogen-bond acceptors (Lipinski definition) is 5. The van der Waals surface area contributed by atoms with Crippen LogP contribution in [0.4, 0.5) is 0 Å². The largest absolute Gasteiger partial charge is 0.339 e. The number of nitrogens with one attached hydrogen (secondary N) is 1. The molecule has 18 heavy (non-hydrogen) atoms. The van der Waals surface area contributed by atoms with Crippen molar-refractivity contribution in [1.29, 1.82) is 0 Å². The highest BCUT2D eigenvalue weighted by atomic mass is 16.5. The zero-order valence-electron chi connectivity index (χ0n) is 10.4. The number of rotatable bonds is 3. The molecule has 1 atom stereocenters. The maximum absolute atomic E-state index is 5.29. The van der Waals surface area contributed by atoms with Crippen LogP contribution in [0.2, 0.25) is 0 Å². The Balaban J connectivity index is 1.76. The van der Waals surface area contributed by atoms with Crippen LogP contribution in [0, 0.1) is 12.8 Å². The summed E-state index contributed by atoms with van der Waals surface area (Å²) in [5, 5.41) is 7.34. The summed E-state index contributed by atoms with van der Waals surface area (Å²) in [5.41, 5.74) is 1.73. The molecule has 0 amide bonds. The first-order chi connectivity index (χ1) is 8.81. The molecule has 3 rings (SSSR count). The van der Waals surface area contributed by atoms with E-state index in [4.69, 9.17) is 4.52 Å². The molecule has 0 aromatic carbocycles. The molecule has 2 aromatic rings. The van der Waals surface area contributed by atoms with Crippen molar-refractivity contribution in [2.75, 3.05) is 13.1 Å². The number of pyridine rings is 1. The molecule has 0 spiro atoms. The lowest BCUT2D eigenvalue weighted by molar-refractivity contribution is 0.358. The van der Waals surface area contributed by atoms with Crippen LogP contribution in [0.5, 0.6) is 0 Å². The lowest BCUT2D eigenvalue weighted by atomic mass is 10.1. The van der Waals surface area contributed by atoms with Crippen molar-refractivity contribution >= 4 is 0 Å². The summed E-state index contributed by atoms with van der Waals surface area (Å²) in [7, 11) is 0. The second-order valence-corrected chi connectivity index (χ2v) is 4.74. The van der Waals surface area contributed by atoms with Crippen LogP contribution in [0.1, 0.15) is 18.0 Å². The van der Waals surface area contributed by atoms with Crippen molar-refractivity contribution in [3.05, 3.63) is 29.8 Å². The average molecular weight is 244 g/mol. The third kappa shape index (κ3) is 2.41. The Hall–Kier alpha value is -1.75. The minimum Gasteiger partial charge on any atom is -0.339 e. The van der Waals surface area contributed by atoms with Crippen molar-refractivity contribution in [3.63, 3.8) is 0 Å². The second-order valence-electron chi connectivity index (χ2n) is 4.74. The van der Waals surface area contributed by atoms with Gasteiger partial charge in [0.2, 0.25) is 11.7 Å². The summed E-state index contributed by atoms with van der Waals surface area (Å²) in [4.78, 5) is 8.81. The molecule has 1 unspecified atom stereocenters. The predicted molar refractivity (Wildman–Crippen MR) is 66.9 cm³/mol. The molecule has 1 aliphatic heterocycles. The Labute approximate surface area is 106 Å². The van der Waals surface area contributed by atoms with Crippen LogP contribution in [-0.4, -0.2) is 28.2 Å². The fourth-order valence-electron chi connectivity index (χ4n) is 2.25. The monoisotopic (exact) mass is 244 g/mol. The van der Waals surface area contributed by atoms with Gasteiger partial charge in [0.05, 0.1) is 0 Å². The molecule has 1 N–H and O–H groups in total. The van der Waals surface area contributed by atoms with Gasteiger partial charge < -0.3 is 9.84 Å². The normalized spacial score (nSPS) is 19.3. The highest BCUT2D eigenvalue weighted by Crippen LogP contribution is 2.17. The third-order valence-corrected chi connectivity index (χ3v) is 3.21. The topological polar surface area (TPSA) is 63.8 Å². The summed E-state index contributed by atoms with van der Waals surface area (Å²) in [6.07, 6.45) is 2.03. The molecule has 0 saturated carbocycles. The summed E-state index contributed by atoms with van der Waals surface area (Å²) < 4.78 is 5.29. The highest BCUT2D eigenvalue weighted by Gasteiger charge is 2.19. The van der Waals surface area contributed by atoms with Crippen LogP contribution in [0.25, 0.3) is 11.5 Å². The molecule has 1 fully saturated rings. The van der Waals surface area contributed by atoms with E-state index in [1.54, 1.807) is 0 Å². The summed E-state index contributed by atoms with van der Waals surface area (Å²) >= 11 is 0. The zero-order valence-corrected chi connectivity index (χ0v) is 10.4. The molecule has 1 saturated heterocycles. The van der Waals surface area contributed by atoms with E-state index in [-0.39, 0.29) is 0 Å². The molecule has 2 aromatic heterocycles. The maximum Gasteiger partial charge on any atom is 0.227 e. The Kier molecular flexibility index (Phi) is 3.06. The van der Waals surface area contributed by atoms with E-state index in [0.717, 1.165) is 30.9 Å². The van der Waals surface area contributed by atoms with Crippen LogP contribution < -0.4 is 5.32 Å². The average Bonchev–Trinajstić information content (AvgIpc) is 3.01. The van der Waals surface area contributed by atoms with Gasteiger partial charge in [0, 0.05) is 12.1 Å². The summed E-state index contributed by atoms with van der Waals surface area (Å²) in [6, 6.07) is 5.81. The minimum atomic E-state index is 0.583. The van der Waals surface area contributed by atoms with E-state index in [0.29, 0.717) is 17.6 Å². The number of hydrogen-bond donors (Lipinski definition) is 1. The van der Waals surface area contributed by atoms with Gasteiger partial charge in [-0.3, -0.25) is 0 Å². The summed E-state index contributed by atoms with van der Waals surface area (Å²) in [6.45, 7) is 4.08. The van der Waals surface area contributed by atoms with Crippen LogP contribution in [0.3, 0.4) is 0 Å². The Morgan fingerprint density at radius 2 is 2.33 bits per heavy atom. The molecule has 5 heteroatoms. The molecule has 0 bridgehead atoms. The van der Waals surface area contributed by atoms with Gasteiger partial charge in [-0.25, -0.2) is 4.98 Å². The molecule has 5 nitrogen and oxygen atoms in total. The minimum absolute atomic E-state index is 0.583. The first-order valence-electron chi connectivity index (χ1n) is 6.28. The molecular formula is C13H16N4O. The standard InChI is InChI=1S/C13H16N4O/c1-9-3-2-4-11(15-9)13-16-12(18-17-13)7-10-5-6-14-8-10/h2-4,10,14H,5-8H2,1H3. The van der Waals surface area contributed by atoms with Gasteiger partial charge in [-0.05, 0) is 44.5 Å². The van der Waals surface area contributed by atoms with Crippen molar-refractivity contribution in [2.24, 2.45) is 5.92 Å². The Morgan fingerprint density at radius 1 is 1.39 bits per heavy atom. The SMILES string of the molecule is Cc1cccc(-c2noc(CC3CCNC3)n2)n1. The maximum atomic E-state index is 5.29. The summed E-state index contributed by atoms with van der Waals surface area (Å²) in [5.74, 6) is 1.91. The van der Waals surface area contributed by atoms with Crippen molar-refractivity contribution in [2.45, 2.75) is 19.8 Å². The molecule has 1 aliphatic rings. The lowest BCUT2D eigenvalue weighted by Gasteiger charge is -2.01. The van der Waals surface area contributed by atoms with E-state index in [9.17, 15) is 0 Å². The van der Waals surface area contributed by atoms with Crippen molar-refractivity contribution < 1.29 is 4.52 Å². The van der Waals surface area contributed by atoms with Gasteiger partial charge >= 0.3 is 0 Å². The fraction of sp³-hybridized carbons (Fsp3) is 0.462. The van der Waals surface area contributed by atoms with Crippen molar-refractivity contribution in [3.8, 4) is 11.5 Å². The van der Waals surface area contributed by atoms with E-state index in [1.165, 1.54) is 6.42 Å². The second kappa shape index (κ2) is 4.86. The van der Waals surface area contributed by atoms with Gasteiger partial charge in [-0.2, -0.15) is 4.98 Å². The quantitative estimate of drug-likeness (QED) is 0.888. The van der Waals surface area contributed by atoms with Gasteiger partial charge in [-0.15, -0.1) is 0 Å². The van der Waals surface area contributed by atoms with E-state index < -0.39 is 0 Å².